The zero-order chi connectivity index (χ0) is 64.9. The van der Waals surface area contributed by atoms with E-state index in [9.17, 15) is 0 Å². The number of aromatic nitrogens is 6. The molecule has 0 saturated carbocycles. The quantitative estimate of drug-likeness (QED) is 0.142. The van der Waals surface area contributed by atoms with Gasteiger partial charge in [-0.05, 0) is 177 Å². The summed E-state index contributed by atoms with van der Waals surface area (Å²) in [5.74, 6) is 0.647. The molecule has 0 radical (unpaired) electrons. The van der Waals surface area contributed by atoms with E-state index in [1.807, 2.05) is 0 Å². The van der Waals surface area contributed by atoms with Crippen molar-refractivity contribution in [1.29, 1.82) is 0 Å². The lowest BCUT2D eigenvalue weighted by atomic mass is 9.85. The maximum absolute atomic E-state index is 5.78. The van der Waals surface area contributed by atoms with Crippen LogP contribution in [0, 0.1) is 0 Å². The third kappa shape index (κ3) is 8.67. The number of fused-ring (bicyclic) bond motifs is 16. The van der Waals surface area contributed by atoms with Gasteiger partial charge in [0.1, 0.15) is 0 Å². The van der Waals surface area contributed by atoms with Crippen molar-refractivity contribution in [1.82, 2.24) is 28.2 Å². The van der Waals surface area contributed by atoms with Crippen LogP contribution in [0.2, 0.25) is 0 Å². The number of para-hydroxylation sites is 6. The minimum atomic E-state index is 0.0229. The normalized spacial score (nSPS) is 12.2. The van der Waals surface area contributed by atoms with Crippen LogP contribution in [0.15, 0.2) is 322 Å². The average Bonchev–Trinajstić information content (AvgIpc) is 1.52. The Morgan fingerprint density at radius 2 is 0.592 bits per heavy atom. The number of nitrogens with zero attached hydrogens (tertiary/aromatic N) is 6. The zero-order valence-electron chi connectivity index (χ0n) is 54.3. The molecule has 6 heteroatoms. The van der Waals surface area contributed by atoms with Crippen LogP contribution in [-0.4, -0.2) is 28.2 Å². The maximum Gasteiger partial charge on any atom is 0.160 e. The van der Waals surface area contributed by atoms with E-state index in [0.29, 0.717) is 5.82 Å². The monoisotopic (exact) mass is 1250 g/mol. The van der Waals surface area contributed by atoms with Crippen LogP contribution in [0.1, 0.15) is 26.3 Å². The highest BCUT2D eigenvalue weighted by atomic mass is 15.0. The minimum absolute atomic E-state index is 0.0229. The summed E-state index contributed by atoms with van der Waals surface area (Å²) in [5, 5.41) is 15.2. The lowest BCUT2D eigenvalue weighted by molar-refractivity contribution is 0.591. The van der Waals surface area contributed by atoms with Crippen LogP contribution < -0.4 is 0 Å². The Labute approximate surface area is 565 Å². The molecular weight excluding hydrogens is 1190 g/mol. The Morgan fingerprint density at radius 1 is 0.224 bits per heavy atom. The molecule has 0 aliphatic heterocycles. The van der Waals surface area contributed by atoms with Crippen molar-refractivity contribution in [2.75, 3.05) is 0 Å². The van der Waals surface area contributed by atoms with E-state index < -0.39 is 0 Å². The molecule has 20 aromatic rings. The summed E-state index contributed by atoms with van der Waals surface area (Å²) < 4.78 is 9.69. The van der Waals surface area contributed by atoms with Crippen LogP contribution in [0.5, 0.6) is 0 Å². The summed E-state index contributed by atoms with van der Waals surface area (Å²) in [6, 6.07) is 118. The summed E-state index contributed by atoms with van der Waals surface area (Å²) >= 11 is 0. The zero-order valence-corrected chi connectivity index (χ0v) is 54.3. The first-order valence-electron chi connectivity index (χ1n) is 33.9. The molecule has 98 heavy (non-hydrogen) atoms. The Bertz CT molecular complexity index is 6420. The molecule has 460 valence electrons. The molecule has 0 aliphatic rings. The molecule has 0 aliphatic carbocycles. The van der Waals surface area contributed by atoms with E-state index in [-0.39, 0.29) is 5.41 Å². The van der Waals surface area contributed by atoms with Gasteiger partial charge in [0.15, 0.2) is 5.82 Å². The Morgan fingerprint density at radius 3 is 1.05 bits per heavy atom. The predicted molar refractivity (Wildman–Crippen MR) is 412 cm³/mol. The Kier molecular flexibility index (Phi) is 12.2. The fourth-order valence-electron chi connectivity index (χ4n) is 15.9. The first-order valence-corrected chi connectivity index (χ1v) is 33.9. The summed E-state index contributed by atoms with van der Waals surface area (Å²) in [5.41, 5.74) is 23.2. The van der Waals surface area contributed by atoms with Gasteiger partial charge in [-0.2, -0.15) is 0 Å². The van der Waals surface area contributed by atoms with Gasteiger partial charge in [-0.25, -0.2) is 9.97 Å². The molecule has 0 spiro atoms. The van der Waals surface area contributed by atoms with Crippen LogP contribution in [0.25, 0.3) is 187 Å². The third-order valence-electron chi connectivity index (χ3n) is 20.6. The van der Waals surface area contributed by atoms with Crippen molar-refractivity contribution < 1.29 is 0 Å². The van der Waals surface area contributed by atoms with Crippen molar-refractivity contribution in [2.24, 2.45) is 0 Å². The molecule has 15 aromatic carbocycles. The van der Waals surface area contributed by atoms with E-state index in [1.165, 1.54) is 92.6 Å². The van der Waals surface area contributed by atoms with Gasteiger partial charge in [-0.15, -0.1) is 0 Å². The van der Waals surface area contributed by atoms with Crippen molar-refractivity contribution in [3.05, 3.63) is 327 Å². The van der Waals surface area contributed by atoms with Crippen molar-refractivity contribution >= 4 is 120 Å². The van der Waals surface area contributed by atoms with Gasteiger partial charge in [0.05, 0.1) is 55.3 Å². The standard InChI is InChI=1S/C92H62N6/c1-92(2,3)66-42-36-58-48-64(35-34-59(58)49-66)89-76-43-37-57-20-10-11-25-71(57)90(76)94-91(93-89)65-50-69(97-83-32-18-14-28-74(83)79-54-62(40-46-87(79)97)60-38-44-85-77(52-60)72-26-12-16-30-81(72)95(85)67-21-6-4-7-22-67)56-70(51-65)98-84-33-19-15-29-75(84)80-55-63(41-47-88(80)98)61-39-45-86-78(53-61)73-27-13-17-31-82(73)96(86)68-23-8-5-9-24-68/h4-56H,1-3H3. The smallest absolute Gasteiger partial charge is 0.160 e. The van der Waals surface area contributed by atoms with E-state index in [0.717, 1.165) is 94.4 Å². The molecule has 5 aromatic heterocycles. The van der Waals surface area contributed by atoms with Gasteiger partial charge in [-0.3, -0.25) is 0 Å². The first-order chi connectivity index (χ1) is 48.2. The lowest BCUT2D eigenvalue weighted by Gasteiger charge is -2.19. The molecule has 0 unspecified atom stereocenters. The molecule has 0 atom stereocenters. The fourth-order valence-corrected chi connectivity index (χ4v) is 15.9. The Hall–Kier alpha value is -12.6. The van der Waals surface area contributed by atoms with E-state index in [2.05, 4.69) is 361 Å². The van der Waals surface area contributed by atoms with Crippen molar-refractivity contribution in [3.63, 3.8) is 0 Å². The second-order valence-corrected chi connectivity index (χ2v) is 27.4. The molecule has 0 bridgehead atoms. The summed E-state index contributed by atoms with van der Waals surface area (Å²) in [6.07, 6.45) is 0. The van der Waals surface area contributed by atoms with Gasteiger partial charge in [0.25, 0.3) is 0 Å². The van der Waals surface area contributed by atoms with E-state index >= 15 is 0 Å². The maximum atomic E-state index is 5.78. The summed E-state index contributed by atoms with van der Waals surface area (Å²) in [7, 11) is 0. The summed E-state index contributed by atoms with van der Waals surface area (Å²) in [4.78, 5) is 11.5. The lowest BCUT2D eigenvalue weighted by Crippen LogP contribution is -2.10. The molecule has 5 heterocycles. The van der Waals surface area contributed by atoms with Crippen molar-refractivity contribution in [2.45, 2.75) is 26.2 Å². The van der Waals surface area contributed by atoms with Crippen LogP contribution in [0.4, 0.5) is 0 Å². The molecule has 0 saturated heterocycles. The van der Waals surface area contributed by atoms with Gasteiger partial charge < -0.3 is 18.3 Å². The number of benzene rings is 15. The second-order valence-electron chi connectivity index (χ2n) is 27.4. The molecular formula is C92H62N6. The molecule has 0 amide bonds. The average molecular weight is 1250 g/mol. The van der Waals surface area contributed by atoms with Crippen molar-refractivity contribution in [3.8, 4) is 67.6 Å². The molecule has 0 fully saturated rings. The van der Waals surface area contributed by atoms with E-state index in [4.69, 9.17) is 9.97 Å². The molecule has 6 nitrogen and oxygen atoms in total. The molecule has 0 N–H and O–H groups in total. The van der Waals surface area contributed by atoms with Crippen LogP contribution in [0.3, 0.4) is 0 Å². The largest absolute Gasteiger partial charge is 0.309 e. The SMILES string of the molecule is CC(C)(C)c1ccc2cc(-c3nc(-c4cc(-n5c6ccccc6c6cc(-c7ccc8c(c7)c7ccccc7n8-c7ccccc7)ccc65)cc(-n5c6ccccc6c6cc(-c7ccc8c(c7)c7ccccc7n8-c7ccccc7)ccc65)c4)nc4c3ccc3ccccc34)ccc2c1. The number of hydrogen-bond acceptors (Lipinski definition) is 2. The first kappa shape index (κ1) is 55.8. The predicted octanol–water partition coefficient (Wildman–Crippen LogP) is 24.3. The highest BCUT2D eigenvalue weighted by Gasteiger charge is 2.24. The second kappa shape index (κ2) is 21.4. The van der Waals surface area contributed by atoms with Crippen LogP contribution >= 0.6 is 0 Å². The minimum Gasteiger partial charge on any atom is -0.309 e. The highest BCUT2D eigenvalue weighted by molar-refractivity contribution is 6.16. The topological polar surface area (TPSA) is 45.5 Å². The fraction of sp³-hybridized carbons (Fsp3) is 0.0435. The third-order valence-corrected chi connectivity index (χ3v) is 20.6. The van der Waals surface area contributed by atoms with Gasteiger partial charge in [0.2, 0.25) is 0 Å². The number of rotatable bonds is 8. The highest BCUT2D eigenvalue weighted by Crippen LogP contribution is 2.44. The van der Waals surface area contributed by atoms with Crippen LogP contribution in [-0.2, 0) is 5.41 Å². The number of hydrogen-bond donors (Lipinski definition) is 0. The Balaban J connectivity index is 0.808. The molecule has 20 rings (SSSR count). The van der Waals surface area contributed by atoms with E-state index in [1.54, 1.807) is 0 Å². The van der Waals surface area contributed by atoms with Gasteiger partial charge in [-0.1, -0.05) is 215 Å². The van der Waals surface area contributed by atoms with Gasteiger partial charge >= 0.3 is 0 Å². The van der Waals surface area contributed by atoms with Gasteiger partial charge in [0, 0.05) is 87.7 Å². The summed E-state index contributed by atoms with van der Waals surface area (Å²) in [6.45, 7) is 6.83.